The van der Waals surface area contributed by atoms with Gasteiger partial charge in [0.05, 0.1) is 0 Å². The minimum Gasteiger partial charge on any atom is -0.331 e. The van der Waals surface area contributed by atoms with Crippen LogP contribution in [0.25, 0.3) is 0 Å². The highest BCUT2D eigenvalue weighted by molar-refractivity contribution is 5.73. The van der Waals surface area contributed by atoms with E-state index in [1.165, 1.54) is 5.56 Å². The number of hydrogen-bond donors (Lipinski definition) is 0. The maximum atomic E-state index is 12.3. The summed E-state index contributed by atoms with van der Waals surface area (Å²) in [5.74, 6) is 0. The Bertz CT molecular complexity index is 552. The topological polar surface area (TPSA) is 23.6 Å². The molecule has 0 saturated heterocycles. The van der Waals surface area contributed by atoms with Crippen LogP contribution in [0.3, 0.4) is 0 Å². The lowest BCUT2D eigenvalue weighted by Gasteiger charge is -2.26. The first-order chi connectivity index (χ1) is 10.2. The number of urea groups is 1. The van der Waals surface area contributed by atoms with Crippen LogP contribution in [0.15, 0.2) is 60.7 Å². The van der Waals surface area contributed by atoms with Crippen LogP contribution >= 0.6 is 0 Å². The summed E-state index contributed by atoms with van der Waals surface area (Å²) in [6.07, 6.45) is 0.868. The third kappa shape index (κ3) is 4.63. The van der Waals surface area contributed by atoms with E-state index in [1.54, 1.807) is 19.0 Å². The predicted molar refractivity (Wildman–Crippen MR) is 86.1 cm³/mol. The Morgan fingerprint density at radius 2 is 1.38 bits per heavy atom. The standard InChI is InChI=1S/C18H22N2O/c1-19(2)18(21)20(15-17-11-7-4-8-12-17)14-13-16-9-5-3-6-10-16/h3-12H,13-15H2,1-2H3. The fourth-order valence-corrected chi connectivity index (χ4v) is 2.24. The summed E-state index contributed by atoms with van der Waals surface area (Å²) in [5.41, 5.74) is 2.41. The van der Waals surface area contributed by atoms with E-state index in [0.717, 1.165) is 18.5 Å². The largest absolute Gasteiger partial charge is 0.331 e. The van der Waals surface area contributed by atoms with E-state index in [-0.39, 0.29) is 6.03 Å². The Balaban J connectivity index is 2.04. The molecule has 0 fully saturated rings. The van der Waals surface area contributed by atoms with Crippen molar-refractivity contribution in [3.05, 3.63) is 71.8 Å². The second-order valence-electron chi connectivity index (χ2n) is 5.32. The van der Waals surface area contributed by atoms with Gasteiger partial charge < -0.3 is 9.80 Å². The molecule has 2 amide bonds. The van der Waals surface area contributed by atoms with Crippen LogP contribution < -0.4 is 0 Å². The van der Waals surface area contributed by atoms with Crippen molar-refractivity contribution in [3.8, 4) is 0 Å². The summed E-state index contributed by atoms with van der Waals surface area (Å²) >= 11 is 0. The number of carbonyl (C=O) groups is 1. The second-order valence-corrected chi connectivity index (χ2v) is 5.32. The Morgan fingerprint density at radius 1 is 0.857 bits per heavy atom. The third-order valence-corrected chi connectivity index (χ3v) is 3.38. The summed E-state index contributed by atoms with van der Waals surface area (Å²) in [6, 6.07) is 20.4. The van der Waals surface area contributed by atoms with Crippen LogP contribution in [0, 0.1) is 0 Å². The molecule has 0 radical (unpaired) electrons. The van der Waals surface area contributed by atoms with E-state index in [9.17, 15) is 4.79 Å². The summed E-state index contributed by atoms with van der Waals surface area (Å²) in [6.45, 7) is 1.36. The Morgan fingerprint density at radius 3 is 1.90 bits per heavy atom. The zero-order valence-corrected chi connectivity index (χ0v) is 12.7. The van der Waals surface area contributed by atoms with Crippen LogP contribution in [0.2, 0.25) is 0 Å². The molecule has 0 heterocycles. The molecule has 0 unspecified atom stereocenters. The zero-order chi connectivity index (χ0) is 15.1. The molecule has 0 spiro atoms. The van der Waals surface area contributed by atoms with E-state index in [1.807, 2.05) is 41.3 Å². The van der Waals surface area contributed by atoms with Crippen molar-refractivity contribution >= 4 is 6.03 Å². The van der Waals surface area contributed by atoms with Crippen molar-refractivity contribution in [2.24, 2.45) is 0 Å². The number of amides is 2. The molecule has 2 aromatic rings. The Hall–Kier alpha value is -2.29. The zero-order valence-electron chi connectivity index (χ0n) is 12.7. The molecular formula is C18H22N2O. The van der Waals surface area contributed by atoms with Crippen molar-refractivity contribution in [2.75, 3.05) is 20.6 Å². The molecule has 2 aromatic carbocycles. The SMILES string of the molecule is CN(C)C(=O)N(CCc1ccccc1)Cc1ccccc1. The van der Waals surface area contributed by atoms with Crippen LogP contribution in [0.4, 0.5) is 4.79 Å². The Kier molecular flexibility index (Phi) is 5.38. The van der Waals surface area contributed by atoms with E-state index >= 15 is 0 Å². The average Bonchev–Trinajstić information content (AvgIpc) is 2.52. The lowest BCUT2D eigenvalue weighted by atomic mass is 10.1. The van der Waals surface area contributed by atoms with Crippen LogP contribution in [0.1, 0.15) is 11.1 Å². The number of rotatable bonds is 5. The van der Waals surface area contributed by atoms with Crippen LogP contribution in [0.5, 0.6) is 0 Å². The fourth-order valence-electron chi connectivity index (χ4n) is 2.24. The third-order valence-electron chi connectivity index (χ3n) is 3.38. The predicted octanol–water partition coefficient (Wildman–Crippen LogP) is 3.41. The molecule has 0 aliphatic rings. The van der Waals surface area contributed by atoms with Crippen molar-refractivity contribution in [2.45, 2.75) is 13.0 Å². The molecule has 21 heavy (non-hydrogen) atoms. The van der Waals surface area contributed by atoms with Crippen molar-refractivity contribution in [1.29, 1.82) is 0 Å². The van der Waals surface area contributed by atoms with Gasteiger partial charge in [0, 0.05) is 27.2 Å². The van der Waals surface area contributed by atoms with Gasteiger partial charge >= 0.3 is 6.03 Å². The second kappa shape index (κ2) is 7.48. The minimum atomic E-state index is 0.0507. The van der Waals surface area contributed by atoms with Crippen LogP contribution in [-0.4, -0.2) is 36.5 Å². The average molecular weight is 282 g/mol. The first-order valence-corrected chi connectivity index (χ1v) is 7.21. The van der Waals surface area contributed by atoms with Gasteiger partial charge in [-0.2, -0.15) is 0 Å². The minimum absolute atomic E-state index is 0.0507. The number of hydrogen-bond acceptors (Lipinski definition) is 1. The molecule has 0 bridgehead atoms. The number of benzene rings is 2. The van der Waals surface area contributed by atoms with Gasteiger partial charge in [-0.25, -0.2) is 4.79 Å². The lowest BCUT2D eigenvalue weighted by molar-refractivity contribution is 0.169. The highest BCUT2D eigenvalue weighted by atomic mass is 16.2. The van der Waals surface area contributed by atoms with Crippen molar-refractivity contribution < 1.29 is 4.79 Å². The van der Waals surface area contributed by atoms with Gasteiger partial charge in [0.1, 0.15) is 0 Å². The molecule has 0 saturated carbocycles. The lowest BCUT2D eigenvalue weighted by Crippen LogP contribution is -2.39. The molecule has 0 aliphatic carbocycles. The molecule has 110 valence electrons. The first-order valence-electron chi connectivity index (χ1n) is 7.21. The molecule has 3 heteroatoms. The van der Waals surface area contributed by atoms with Crippen molar-refractivity contribution in [1.82, 2.24) is 9.80 Å². The molecule has 0 aromatic heterocycles. The van der Waals surface area contributed by atoms with Crippen LogP contribution in [-0.2, 0) is 13.0 Å². The van der Waals surface area contributed by atoms with Gasteiger partial charge in [-0.15, -0.1) is 0 Å². The fraction of sp³-hybridized carbons (Fsp3) is 0.278. The quantitative estimate of drug-likeness (QED) is 0.824. The maximum Gasteiger partial charge on any atom is 0.319 e. The van der Waals surface area contributed by atoms with Gasteiger partial charge in [-0.3, -0.25) is 0 Å². The first kappa shape index (κ1) is 15.1. The summed E-state index contributed by atoms with van der Waals surface area (Å²) in [5, 5.41) is 0. The van der Waals surface area contributed by atoms with Gasteiger partial charge in [-0.05, 0) is 17.5 Å². The molecule has 3 nitrogen and oxygen atoms in total. The van der Waals surface area contributed by atoms with E-state index in [4.69, 9.17) is 0 Å². The molecule has 0 N–H and O–H groups in total. The monoisotopic (exact) mass is 282 g/mol. The summed E-state index contributed by atoms with van der Waals surface area (Å²) < 4.78 is 0. The molecular weight excluding hydrogens is 260 g/mol. The van der Waals surface area contributed by atoms with E-state index in [2.05, 4.69) is 24.3 Å². The highest BCUT2D eigenvalue weighted by Crippen LogP contribution is 2.09. The Labute approximate surface area is 126 Å². The summed E-state index contributed by atoms with van der Waals surface area (Å²) in [7, 11) is 3.59. The number of nitrogens with zero attached hydrogens (tertiary/aromatic N) is 2. The molecule has 2 rings (SSSR count). The van der Waals surface area contributed by atoms with Gasteiger partial charge in [-0.1, -0.05) is 60.7 Å². The highest BCUT2D eigenvalue weighted by Gasteiger charge is 2.15. The maximum absolute atomic E-state index is 12.3. The van der Waals surface area contributed by atoms with E-state index in [0.29, 0.717) is 6.54 Å². The smallest absolute Gasteiger partial charge is 0.319 e. The summed E-state index contributed by atoms with van der Waals surface area (Å²) in [4.78, 5) is 15.8. The normalized spacial score (nSPS) is 10.2. The van der Waals surface area contributed by atoms with Gasteiger partial charge in [0.15, 0.2) is 0 Å². The van der Waals surface area contributed by atoms with Gasteiger partial charge in [0.2, 0.25) is 0 Å². The molecule has 0 aliphatic heterocycles. The van der Waals surface area contributed by atoms with Gasteiger partial charge in [0.25, 0.3) is 0 Å². The van der Waals surface area contributed by atoms with Crippen molar-refractivity contribution in [3.63, 3.8) is 0 Å². The van der Waals surface area contributed by atoms with E-state index < -0.39 is 0 Å². The number of carbonyl (C=O) groups excluding carboxylic acids is 1. The molecule has 0 atom stereocenters.